The largest absolute Gasteiger partial charge is 0.355 e. The summed E-state index contributed by atoms with van der Waals surface area (Å²) in [4.78, 5) is 27.8. The van der Waals surface area contributed by atoms with Crippen molar-refractivity contribution >= 4 is 23.3 Å². The Hall–Kier alpha value is -2.67. The maximum absolute atomic E-state index is 12.9. The minimum absolute atomic E-state index is 0.0404. The Kier molecular flexibility index (Phi) is 5.32. The first kappa shape index (κ1) is 19.1. The highest BCUT2D eigenvalue weighted by atomic mass is 32.2. The van der Waals surface area contributed by atoms with Gasteiger partial charge in [0.05, 0.1) is 10.9 Å². The Morgan fingerprint density at radius 2 is 1.81 bits per heavy atom. The highest BCUT2D eigenvalue weighted by Gasteiger charge is 2.25. The summed E-state index contributed by atoms with van der Waals surface area (Å²) in [7, 11) is 1.89. The number of nitrogens with zero attached hydrogens (tertiary/aromatic N) is 3. The van der Waals surface area contributed by atoms with Crippen molar-refractivity contribution in [1.29, 1.82) is 0 Å². The van der Waals surface area contributed by atoms with Crippen molar-refractivity contribution < 1.29 is 9.59 Å². The van der Waals surface area contributed by atoms with Crippen molar-refractivity contribution in [1.82, 2.24) is 19.7 Å². The molecule has 1 atom stereocenters. The predicted octanol–water partition coefficient (Wildman–Crippen LogP) is 3.99. The van der Waals surface area contributed by atoms with Crippen LogP contribution in [0.15, 0.2) is 35.5 Å². The SMILES string of the molecule is CC(=O)c1c(C)[nH]c(C(=O)[C@H](C)Sc2nnc(-c3ccccc3)n2C)c1C. The van der Waals surface area contributed by atoms with Gasteiger partial charge in [-0.2, -0.15) is 0 Å². The van der Waals surface area contributed by atoms with Gasteiger partial charge in [0.1, 0.15) is 0 Å². The molecule has 2 aromatic heterocycles. The van der Waals surface area contributed by atoms with Crippen LogP contribution in [0.25, 0.3) is 11.4 Å². The van der Waals surface area contributed by atoms with Crippen LogP contribution in [-0.4, -0.2) is 36.6 Å². The van der Waals surface area contributed by atoms with Gasteiger partial charge in [-0.1, -0.05) is 42.1 Å². The minimum Gasteiger partial charge on any atom is -0.355 e. The molecule has 0 spiro atoms. The lowest BCUT2D eigenvalue weighted by atomic mass is 10.0. The van der Waals surface area contributed by atoms with Gasteiger partial charge < -0.3 is 9.55 Å². The Labute approximate surface area is 162 Å². The fourth-order valence-electron chi connectivity index (χ4n) is 3.20. The number of nitrogens with one attached hydrogen (secondary N) is 1. The number of rotatable bonds is 6. The Balaban J connectivity index is 1.83. The maximum Gasteiger partial charge on any atom is 0.192 e. The van der Waals surface area contributed by atoms with Crippen LogP contribution < -0.4 is 0 Å². The molecule has 6 nitrogen and oxygen atoms in total. The topological polar surface area (TPSA) is 80.6 Å². The smallest absolute Gasteiger partial charge is 0.192 e. The van der Waals surface area contributed by atoms with E-state index >= 15 is 0 Å². The van der Waals surface area contributed by atoms with Crippen molar-refractivity contribution in [3.8, 4) is 11.4 Å². The van der Waals surface area contributed by atoms with E-state index in [1.54, 1.807) is 6.92 Å². The molecular weight excluding hydrogens is 360 g/mol. The molecule has 1 aromatic carbocycles. The number of aryl methyl sites for hydroxylation is 1. The van der Waals surface area contributed by atoms with Gasteiger partial charge in [-0.3, -0.25) is 9.59 Å². The highest BCUT2D eigenvalue weighted by Crippen LogP contribution is 2.29. The molecule has 0 amide bonds. The van der Waals surface area contributed by atoms with Gasteiger partial charge in [-0.05, 0) is 33.3 Å². The van der Waals surface area contributed by atoms with Crippen molar-refractivity contribution in [3.63, 3.8) is 0 Å². The summed E-state index contributed by atoms with van der Waals surface area (Å²) in [5.41, 5.74) is 3.50. The first-order valence-electron chi connectivity index (χ1n) is 8.67. The highest BCUT2D eigenvalue weighted by molar-refractivity contribution is 8.00. The average Bonchev–Trinajstić information content (AvgIpc) is 3.14. The molecule has 0 bridgehead atoms. The minimum atomic E-state index is -0.368. The predicted molar refractivity (Wildman–Crippen MR) is 106 cm³/mol. The summed E-state index contributed by atoms with van der Waals surface area (Å²) in [6.07, 6.45) is 0. The van der Waals surface area contributed by atoms with E-state index in [2.05, 4.69) is 15.2 Å². The summed E-state index contributed by atoms with van der Waals surface area (Å²) < 4.78 is 1.89. The molecule has 0 saturated heterocycles. The van der Waals surface area contributed by atoms with Crippen LogP contribution >= 0.6 is 11.8 Å². The van der Waals surface area contributed by atoms with Gasteiger partial charge in [0.15, 0.2) is 22.5 Å². The van der Waals surface area contributed by atoms with Crippen molar-refractivity contribution in [2.24, 2.45) is 7.05 Å². The van der Waals surface area contributed by atoms with Gasteiger partial charge in [0.25, 0.3) is 0 Å². The number of Topliss-reactive ketones (excluding diaryl/α,β-unsaturated/α-hetero) is 2. The number of carbonyl (C=O) groups excluding carboxylic acids is 2. The molecule has 0 aliphatic rings. The van der Waals surface area contributed by atoms with Crippen molar-refractivity contribution in [3.05, 3.63) is 52.8 Å². The number of H-pyrrole nitrogens is 1. The zero-order chi connectivity index (χ0) is 19.7. The third kappa shape index (κ3) is 3.60. The summed E-state index contributed by atoms with van der Waals surface area (Å²) >= 11 is 1.36. The fraction of sp³-hybridized carbons (Fsp3) is 0.300. The second-order valence-corrected chi connectivity index (χ2v) is 7.84. The lowest BCUT2D eigenvalue weighted by Crippen LogP contribution is -2.16. The Bertz CT molecular complexity index is 1000. The fourth-order valence-corrected chi connectivity index (χ4v) is 4.07. The summed E-state index contributed by atoms with van der Waals surface area (Å²) in [6, 6.07) is 9.80. The maximum atomic E-state index is 12.9. The number of hydrogen-bond acceptors (Lipinski definition) is 5. The standard InChI is InChI=1S/C20H22N4O2S/c1-11-16(13(3)25)12(2)21-17(11)18(26)14(4)27-20-23-22-19(24(20)5)15-9-7-6-8-10-15/h6-10,14,21H,1-5H3/t14-/m0/s1. The first-order chi connectivity index (χ1) is 12.8. The summed E-state index contributed by atoms with van der Waals surface area (Å²) in [5, 5.41) is 8.80. The van der Waals surface area contributed by atoms with E-state index < -0.39 is 0 Å². The van der Waals surface area contributed by atoms with E-state index in [4.69, 9.17) is 0 Å². The zero-order valence-corrected chi connectivity index (χ0v) is 16.8. The third-order valence-corrected chi connectivity index (χ3v) is 5.69. The first-order valence-corrected chi connectivity index (χ1v) is 9.55. The van der Waals surface area contributed by atoms with Crippen LogP contribution in [0, 0.1) is 13.8 Å². The molecule has 140 valence electrons. The number of aromatic nitrogens is 4. The molecular formula is C20H22N4O2S. The van der Waals surface area contributed by atoms with E-state index in [9.17, 15) is 9.59 Å². The third-order valence-electron chi connectivity index (χ3n) is 4.55. The normalized spacial score (nSPS) is 12.2. The van der Waals surface area contributed by atoms with Gasteiger partial charge in [0, 0.05) is 23.9 Å². The number of carbonyl (C=O) groups is 2. The number of aromatic amines is 1. The molecule has 0 unspecified atom stereocenters. The summed E-state index contributed by atoms with van der Waals surface area (Å²) in [5.74, 6) is 0.655. The van der Waals surface area contributed by atoms with Crippen LogP contribution in [0.3, 0.4) is 0 Å². The van der Waals surface area contributed by atoms with E-state index in [1.807, 2.05) is 55.8 Å². The van der Waals surface area contributed by atoms with Gasteiger partial charge in [0.2, 0.25) is 0 Å². The second kappa shape index (κ2) is 7.52. The molecule has 2 heterocycles. The van der Waals surface area contributed by atoms with Gasteiger partial charge in [-0.25, -0.2) is 0 Å². The van der Waals surface area contributed by atoms with Gasteiger partial charge in [-0.15, -0.1) is 10.2 Å². The molecule has 0 fully saturated rings. The Morgan fingerprint density at radius 1 is 1.15 bits per heavy atom. The lowest BCUT2D eigenvalue weighted by Gasteiger charge is -2.10. The summed E-state index contributed by atoms with van der Waals surface area (Å²) in [6.45, 7) is 6.97. The molecule has 0 saturated carbocycles. The molecule has 3 aromatic rings. The van der Waals surface area contributed by atoms with E-state index in [1.165, 1.54) is 18.7 Å². The van der Waals surface area contributed by atoms with Crippen LogP contribution in [0.5, 0.6) is 0 Å². The van der Waals surface area contributed by atoms with E-state index in [-0.39, 0.29) is 16.8 Å². The van der Waals surface area contributed by atoms with Crippen LogP contribution in [0.4, 0.5) is 0 Å². The van der Waals surface area contributed by atoms with Crippen molar-refractivity contribution in [2.75, 3.05) is 0 Å². The second-order valence-electron chi connectivity index (χ2n) is 6.54. The van der Waals surface area contributed by atoms with Crippen LogP contribution in [0.2, 0.25) is 0 Å². The molecule has 27 heavy (non-hydrogen) atoms. The Morgan fingerprint density at radius 3 is 2.41 bits per heavy atom. The lowest BCUT2D eigenvalue weighted by molar-refractivity contribution is 0.0988. The number of hydrogen-bond donors (Lipinski definition) is 1. The van der Waals surface area contributed by atoms with Crippen LogP contribution in [-0.2, 0) is 7.05 Å². The molecule has 0 aliphatic carbocycles. The molecule has 7 heteroatoms. The van der Waals surface area contributed by atoms with Crippen LogP contribution in [0.1, 0.15) is 46.0 Å². The molecule has 0 radical (unpaired) electrons. The number of benzene rings is 1. The van der Waals surface area contributed by atoms with E-state index in [0.717, 1.165) is 17.1 Å². The quantitative estimate of drug-likeness (QED) is 0.515. The number of ketones is 2. The zero-order valence-electron chi connectivity index (χ0n) is 16.0. The average molecular weight is 382 g/mol. The van der Waals surface area contributed by atoms with Gasteiger partial charge >= 0.3 is 0 Å². The molecule has 1 N–H and O–H groups in total. The molecule has 0 aliphatic heterocycles. The monoisotopic (exact) mass is 382 g/mol. The van der Waals surface area contributed by atoms with E-state index in [0.29, 0.717) is 22.0 Å². The van der Waals surface area contributed by atoms with Crippen molar-refractivity contribution in [2.45, 2.75) is 38.1 Å². The number of thioether (sulfide) groups is 1. The molecule has 3 rings (SSSR count).